The minimum atomic E-state index is -1.03. The van der Waals surface area contributed by atoms with E-state index in [0.29, 0.717) is 25.2 Å². The van der Waals surface area contributed by atoms with Crippen molar-refractivity contribution in [2.75, 3.05) is 0 Å². The van der Waals surface area contributed by atoms with Crippen molar-refractivity contribution in [3.05, 3.63) is 11.1 Å². The van der Waals surface area contributed by atoms with Gasteiger partial charge in [0.25, 0.3) is 0 Å². The van der Waals surface area contributed by atoms with E-state index in [9.17, 15) is 14.7 Å². The first-order valence-electron chi connectivity index (χ1n) is 7.26. The average Bonchev–Trinajstić information content (AvgIpc) is 2.55. The molecule has 0 amide bonds. The Morgan fingerprint density at radius 3 is 2.63 bits per heavy atom. The number of hydrogen-bond donors (Lipinski definition) is 1. The van der Waals surface area contributed by atoms with Gasteiger partial charge in [-0.3, -0.25) is 9.59 Å². The summed E-state index contributed by atoms with van der Waals surface area (Å²) in [6.45, 7) is 6.20. The van der Waals surface area contributed by atoms with Crippen LogP contribution < -0.4 is 0 Å². The molecule has 0 heterocycles. The molecule has 0 aliphatic heterocycles. The van der Waals surface area contributed by atoms with Crippen LogP contribution in [0.3, 0.4) is 0 Å². The summed E-state index contributed by atoms with van der Waals surface area (Å²) in [5.41, 5.74) is 0.547. The molecule has 0 radical (unpaired) electrons. The number of carbonyl (C=O) groups is 2. The third-order valence-electron chi connectivity index (χ3n) is 6.12. The lowest BCUT2D eigenvalue weighted by atomic mass is 9.52. The Hall–Kier alpha value is -0.960. The van der Waals surface area contributed by atoms with Crippen molar-refractivity contribution < 1.29 is 14.7 Å². The van der Waals surface area contributed by atoms with Crippen molar-refractivity contribution in [1.29, 1.82) is 0 Å². The lowest BCUT2D eigenvalue weighted by molar-refractivity contribution is -0.142. The van der Waals surface area contributed by atoms with Crippen molar-refractivity contribution in [3.8, 4) is 0 Å². The second-order valence-corrected chi connectivity index (χ2v) is 7.08. The Morgan fingerprint density at radius 2 is 1.95 bits per heavy atom. The number of ketones is 2. The second-order valence-electron chi connectivity index (χ2n) is 7.08. The highest BCUT2D eigenvalue weighted by atomic mass is 16.3. The quantitative estimate of drug-likeness (QED) is 0.729. The number of fused-ring (bicyclic) bond motifs is 2. The smallest absolute Gasteiger partial charge is 0.161 e. The monoisotopic (exact) mass is 262 g/mol. The molecular formula is C16H22O3. The Bertz CT molecular complexity index is 504. The van der Waals surface area contributed by atoms with Crippen LogP contribution in [-0.4, -0.2) is 22.3 Å². The molecule has 0 aromatic heterocycles. The summed E-state index contributed by atoms with van der Waals surface area (Å²) in [5.74, 6) is 0.726. The van der Waals surface area contributed by atoms with Crippen molar-refractivity contribution in [1.82, 2.24) is 0 Å². The maximum absolute atomic E-state index is 12.3. The van der Waals surface area contributed by atoms with E-state index in [1.165, 1.54) is 0 Å². The molecule has 19 heavy (non-hydrogen) atoms. The van der Waals surface area contributed by atoms with Gasteiger partial charge in [0.1, 0.15) is 5.78 Å². The van der Waals surface area contributed by atoms with Crippen LogP contribution >= 0.6 is 0 Å². The highest BCUT2D eigenvalue weighted by Gasteiger charge is 2.57. The molecule has 0 aromatic rings. The van der Waals surface area contributed by atoms with Crippen LogP contribution in [0.25, 0.3) is 0 Å². The van der Waals surface area contributed by atoms with E-state index in [4.69, 9.17) is 0 Å². The third kappa shape index (κ3) is 1.60. The maximum atomic E-state index is 12.3. The molecule has 4 atom stereocenters. The van der Waals surface area contributed by atoms with Gasteiger partial charge in [-0.15, -0.1) is 0 Å². The SMILES string of the molecule is CC1=C2C[C@@]3(C)[C@H](C[C@@]2(O)CC1=O)C(=O)CC[C@@H]3C. The predicted molar refractivity (Wildman–Crippen MR) is 71.5 cm³/mol. The van der Waals surface area contributed by atoms with Crippen molar-refractivity contribution in [2.45, 2.75) is 58.5 Å². The zero-order valence-electron chi connectivity index (χ0n) is 12.0. The number of allylic oxidation sites excluding steroid dienone is 1. The van der Waals surface area contributed by atoms with Gasteiger partial charge in [0.05, 0.1) is 5.60 Å². The fourth-order valence-electron chi connectivity index (χ4n) is 4.45. The summed E-state index contributed by atoms with van der Waals surface area (Å²) in [6.07, 6.45) is 2.90. The van der Waals surface area contributed by atoms with E-state index < -0.39 is 5.60 Å². The number of carbonyl (C=O) groups excluding carboxylic acids is 2. The molecule has 3 heteroatoms. The average molecular weight is 262 g/mol. The Kier molecular flexibility index (Phi) is 2.60. The molecule has 0 bridgehead atoms. The molecule has 0 spiro atoms. The highest BCUT2D eigenvalue weighted by molar-refractivity contribution is 6.00. The van der Waals surface area contributed by atoms with Gasteiger partial charge in [0.15, 0.2) is 5.78 Å². The van der Waals surface area contributed by atoms with Gasteiger partial charge in [0.2, 0.25) is 0 Å². The van der Waals surface area contributed by atoms with Gasteiger partial charge in [-0.05, 0) is 48.7 Å². The molecule has 2 saturated carbocycles. The van der Waals surface area contributed by atoms with Gasteiger partial charge < -0.3 is 5.11 Å². The van der Waals surface area contributed by atoms with Gasteiger partial charge in [-0.1, -0.05) is 13.8 Å². The maximum Gasteiger partial charge on any atom is 0.161 e. The molecular weight excluding hydrogens is 240 g/mol. The van der Waals surface area contributed by atoms with Crippen LogP contribution in [0, 0.1) is 17.3 Å². The topological polar surface area (TPSA) is 54.4 Å². The molecule has 3 aliphatic rings. The normalized spacial score (nSPS) is 46.3. The zero-order valence-corrected chi connectivity index (χ0v) is 12.0. The standard InChI is InChI=1S/C16H22O3/c1-9-4-5-13(17)12-7-16(19)8-14(18)10(2)11(16)6-15(9,12)3/h9,12,19H,4-8H2,1-3H3/t9-,12+,15+,16+/m0/s1. The highest BCUT2D eigenvalue weighted by Crippen LogP contribution is 2.58. The first-order chi connectivity index (χ1) is 8.78. The van der Waals surface area contributed by atoms with E-state index in [0.717, 1.165) is 17.6 Å². The Morgan fingerprint density at radius 1 is 1.26 bits per heavy atom. The summed E-state index contributed by atoms with van der Waals surface area (Å²) in [4.78, 5) is 24.2. The molecule has 1 N–H and O–H groups in total. The van der Waals surface area contributed by atoms with E-state index in [-0.39, 0.29) is 29.3 Å². The van der Waals surface area contributed by atoms with Crippen LogP contribution in [0.2, 0.25) is 0 Å². The number of rotatable bonds is 0. The number of aliphatic hydroxyl groups is 1. The fourth-order valence-corrected chi connectivity index (χ4v) is 4.45. The van der Waals surface area contributed by atoms with Crippen molar-refractivity contribution in [2.24, 2.45) is 17.3 Å². The van der Waals surface area contributed by atoms with E-state index in [2.05, 4.69) is 13.8 Å². The summed E-state index contributed by atoms with van der Waals surface area (Å²) in [5, 5.41) is 10.8. The van der Waals surface area contributed by atoms with Gasteiger partial charge in [-0.2, -0.15) is 0 Å². The summed E-state index contributed by atoms with van der Waals surface area (Å²) < 4.78 is 0. The molecule has 3 nitrogen and oxygen atoms in total. The minimum Gasteiger partial charge on any atom is -0.385 e. The first-order valence-corrected chi connectivity index (χ1v) is 7.26. The van der Waals surface area contributed by atoms with Gasteiger partial charge in [0, 0.05) is 18.8 Å². The molecule has 3 aliphatic carbocycles. The second kappa shape index (κ2) is 3.78. The zero-order chi connectivity index (χ0) is 14.0. The van der Waals surface area contributed by atoms with E-state index >= 15 is 0 Å². The lowest BCUT2D eigenvalue weighted by Gasteiger charge is -2.53. The van der Waals surface area contributed by atoms with Crippen LogP contribution in [0.4, 0.5) is 0 Å². The fraction of sp³-hybridized carbons (Fsp3) is 0.750. The van der Waals surface area contributed by atoms with Gasteiger partial charge in [-0.25, -0.2) is 0 Å². The predicted octanol–water partition coefficient (Wildman–Crippen LogP) is 2.42. The first kappa shape index (κ1) is 13.0. The van der Waals surface area contributed by atoms with Crippen molar-refractivity contribution >= 4 is 11.6 Å². The summed E-state index contributed by atoms with van der Waals surface area (Å²) in [7, 11) is 0. The van der Waals surface area contributed by atoms with Crippen molar-refractivity contribution in [3.63, 3.8) is 0 Å². The van der Waals surface area contributed by atoms with Crippen LogP contribution in [0.1, 0.15) is 52.9 Å². The van der Waals surface area contributed by atoms with E-state index in [1.807, 2.05) is 6.92 Å². The molecule has 0 unspecified atom stereocenters. The van der Waals surface area contributed by atoms with E-state index in [1.54, 1.807) is 0 Å². The molecule has 0 saturated heterocycles. The van der Waals surface area contributed by atoms with Gasteiger partial charge >= 0.3 is 0 Å². The molecule has 2 fully saturated rings. The molecule has 0 aromatic carbocycles. The largest absolute Gasteiger partial charge is 0.385 e. The Balaban J connectivity index is 2.07. The third-order valence-corrected chi connectivity index (χ3v) is 6.12. The molecule has 104 valence electrons. The number of Topliss-reactive ketones (excluding diaryl/α,β-unsaturated/α-hetero) is 2. The van der Waals surface area contributed by atoms with Crippen LogP contribution in [0.15, 0.2) is 11.1 Å². The Labute approximate surface area is 114 Å². The summed E-state index contributed by atoms with van der Waals surface area (Å²) >= 11 is 0. The van der Waals surface area contributed by atoms with Crippen LogP contribution in [0.5, 0.6) is 0 Å². The molecule has 3 rings (SSSR count). The minimum absolute atomic E-state index is 0.0554. The summed E-state index contributed by atoms with van der Waals surface area (Å²) in [6, 6.07) is 0. The lowest BCUT2D eigenvalue weighted by Crippen LogP contribution is -2.52. The van der Waals surface area contributed by atoms with Crippen LogP contribution in [-0.2, 0) is 9.59 Å². The number of hydrogen-bond acceptors (Lipinski definition) is 3.